The van der Waals surface area contributed by atoms with Gasteiger partial charge in [-0.3, -0.25) is 9.69 Å². The van der Waals surface area contributed by atoms with E-state index in [0.29, 0.717) is 18.7 Å². The van der Waals surface area contributed by atoms with Crippen LogP contribution in [0.4, 0.5) is 13.2 Å². The van der Waals surface area contributed by atoms with Gasteiger partial charge in [0.15, 0.2) is 0 Å². The zero-order valence-corrected chi connectivity index (χ0v) is 15.2. The van der Waals surface area contributed by atoms with Crippen molar-refractivity contribution in [3.05, 3.63) is 29.8 Å². The first-order valence-corrected chi connectivity index (χ1v) is 8.60. The zero-order valence-electron chi connectivity index (χ0n) is 15.2. The van der Waals surface area contributed by atoms with Crippen LogP contribution < -0.4 is 4.74 Å². The number of aliphatic hydroxyl groups is 1. The van der Waals surface area contributed by atoms with Crippen LogP contribution in [0.2, 0.25) is 0 Å². The van der Waals surface area contributed by atoms with Crippen molar-refractivity contribution in [3.8, 4) is 5.75 Å². The maximum absolute atomic E-state index is 12.7. The number of rotatable bonds is 6. The van der Waals surface area contributed by atoms with Gasteiger partial charge in [0.1, 0.15) is 5.75 Å². The molecule has 1 amide bonds. The zero-order chi connectivity index (χ0) is 19.5. The molecule has 0 unspecified atom stereocenters. The van der Waals surface area contributed by atoms with Crippen LogP contribution in [0.25, 0.3) is 0 Å². The molecule has 1 aromatic carbocycles. The second-order valence-electron chi connectivity index (χ2n) is 7.00. The monoisotopic (exact) mass is 374 g/mol. The molecule has 1 aliphatic rings. The van der Waals surface area contributed by atoms with Crippen molar-refractivity contribution < 1.29 is 27.8 Å². The number of hydrogen-bond donors (Lipinski definition) is 1. The summed E-state index contributed by atoms with van der Waals surface area (Å²) in [7, 11) is 1.69. The molecule has 1 aliphatic heterocycles. The molecule has 1 N–H and O–H groups in total. The molecule has 1 heterocycles. The molecule has 0 aromatic heterocycles. The number of hydrogen-bond acceptors (Lipinski definition) is 4. The fourth-order valence-corrected chi connectivity index (χ4v) is 3.18. The Balaban J connectivity index is 2.05. The van der Waals surface area contributed by atoms with E-state index in [9.17, 15) is 23.1 Å². The largest absolute Gasteiger partial charge is 0.573 e. The summed E-state index contributed by atoms with van der Waals surface area (Å²) in [5.74, 6) is -0.431. The number of carbonyl (C=O) groups is 1. The van der Waals surface area contributed by atoms with Crippen molar-refractivity contribution >= 4 is 5.91 Å². The van der Waals surface area contributed by atoms with Gasteiger partial charge in [0, 0.05) is 38.3 Å². The molecule has 1 fully saturated rings. The molecule has 0 aliphatic carbocycles. The van der Waals surface area contributed by atoms with Crippen LogP contribution in [-0.4, -0.2) is 66.0 Å². The molecule has 8 heteroatoms. The van der Waals surface area contributed by atoms with E-state index in [4.69, 9.17) is 0 Å². The third-order valence-corrected chi connectivity index (χ3v) is 4.61. The van der Waals surface area contributed by atoms with Crippen LogP contribution in [0.15, 0.2) is 24.3 Å². The Labute approximate surface area is 151 Å². The predicted molar refractivity (Wildman–Crippen MR) is 90.9 cm³/mol. The fourth-order valence-electron chi connectivity index (χ4n) is 3.18. The van der Waals surface area contributed by atoms with Crippen molar-refractivity contribution in [1.29, 1.82) is 0 Å². The number of halogens is 3. The van der Waals surface area contributed by atoms with Crippen molar-refractivity contribution in [3.63, 3.8) is 0 Å². The number of likely N-dealkylation sites (N-methyl/N-ethyl adjacent to an activating group) is 1. The summed E-state index contributed by atoms with van der Waals surface area (Å²) >= 11 is 0. The Morgan fingerprint density at radius 3 is 2.42 bits per heavy atom. The Bertz CT molecular complexity index is 605. The van der Waals surface area contributed by atoms with E-state index in [2.05, 4.69) is 9.64 Å². The van der Waals surface area contributed by atoms with Crippen LogP contribution in [-0.2, 0) is 0 Å². The van der Waals surface area contributed by atoms with E-state index in [0.717, 1.165) is 25.1 Å². The Morgan fingerprint density at radius 2 is 1.96 bits per heavy atom. The number of nitrogens with zero attached hydrogens (tertiary/aromatic N) is 2. The number of ether oxygens (including phenoxy) is 1. The Morgan fingerprint density at radius 1 is 1.35 bits per heavy atom. The lowest BCUT2D eigenvalue weighted by molar-refractivity contribution is -0.274. The molecule has 2 rings (SSSR count). The van der Waals surface area contributed by atoms with Gasteiger partial charge in [-0.1, -0.05) is 13.8 Å². The van der Waals surface area contributed by atoms with Gasteiger partial charge in [-0.2, -0.15) is 0 Å². The topological polar surface area (TPSA) is 53.0 Å². The SMILES string of the molecule is CC(C)[C@@H](CN1CC[C@H](O)C1)N(C)C(=O)c1ccc(OC(F)(F)F)cc1. The standard InChI is InChI=1S/C18H25F3N2O3/c1-12(2)16(11-23-9-8-14(24)10-23)22(3)17(25)13-4-6-15(7-5-13)26-18(19,20)21/h4-7,12,14,16,24H,8-11H2,1-3H3/t14-,16+/m0/s1. The van der Waals surface area contributed by atoms with Gasteiger partial charge in [-0.05, 0) is 36.6 Å². The lowest BCUT2D eigenvalue weighted by Crippen LogP contribution is -2.47. The molecule has 0 saturated carbocycles. The third kappa shape index (κ3) is 5.60. The summed E-state index contributed by atoms with van der Waals surface area (Å²) < 4.78 is 40.5. The molecule has 146 valence electrons. The summed E-state index contributed by atoms with van der Waals surface area (Å²) in [6, 6.07) is 4.86. The van der Waals surface area contributed by atoms with Crippen LogP contribution in [0.5, 0.6) is 5.75 Å². The maximum Gasteiger partial charge on any atom is 0.573 e. The number of amides is 1. The van der Waals surface area contributed by atoms with Gasteiger partial charge in [0.05, 0.1) is 6.10 Å². The molecular formula is C18H25F3N2O3. The van der Waals surface area contributed by atoms with Crippen molar-refractivity contribution in [2.24, 2.45) is 5.92 Å². The summed E-state index contributed by atoms with van der Waals surface area (Å²) in [5.41, 5.74) is 0.300. The van der Waals surface area contributed by atoms with Crippen molar-refractivity contribution in [2.75, 3.05) is 26.7 Å². The molecule has 2 atom stereocenters. The fraction of sp³-hybridized carbons (Fsp3) is 0.611. The number of alkyl halides is 3. The minimum absolute atomic E-state index is 0.0705. The van der Waals surface area contributed by atoms with E-state index >= 15 is 0 Å². The highest BCUT2D eigenvalue weighted by atomic mass is 19.4. The maximum atomic E-state index is 12.7. The van der Waals surface area contributed by atoms with E-state index < -0.39 is 6.36 Å². The van der Waals surface area contributed by atoms with E-state index in [1.54, 1.807) is 11.9 Å². The highest BCUT2D eigenvalue weighted by Gasteiger charge is 2.32. The summed E-state index contributed by atoms with van der Waals surface area (Å²) in [6.07, 6.45) is -4.36. The Hall–Kier alpha value is -1.80. The predicted octanol–water partition coefficient (Wildman–Crippen LogP) is 2.75. The molecule has 0 spiro atoms. The number of carbonyl (C=O) groups excluding carboxylic acids is 1. The quantitative estimate of drug-likeness (QED) is 0.832. The molecule has 1 aromatic rings. The number of aliphatic hydroxyl groups excluding tert-OH is 1. The van der Waals surface area contributed by atoms with Gasteiger partial charge < -0.3 is 14.7 Å². The van der Waals surface area contributed by atoms with Crippen molar-refractivity contribution in [1.82, 2.24) is 9.80 Å². The lowest BCUT2D eigenvalue weighted by atomic mass is 10.0. The lowest BCUT2D eigenvalue weighted by Gasteiger charge is -2.34. The van der Waals surface area contributed by atoms with Gasteiger partial charge in [0.25, 0.3) is 5.91 Å². The van der Waals surface area contributed by atoms with E-state index in [-0.39, 0.29) is 29.7 Å². The second-order valence-corrected chi connectivity index (χ2v) is 7.00. The first-order chi connectivity index (χ1) is 12.1. The first kappa shape index (κ1) is 20.5. The van der Waals surface area contributed by atoms with Crippen LogP contribution in [0.1, 0.15) is 30.6 Å². The molecule has 0 bridgehead atoms. The van der Waals surface area contributed by atoms with Gasteiger partial charge >= 0.3 is 6.36 Å². The number of benzene rings is 1. The minimum Gasteiger partial charge on any atom is -0.406 e. The van der Waals surface area contributed by atoms with E-state index in [1.165, 1.54) is 12.1 Å². The molecule has 0 radical (unpaired) electrons. The molecule has 5 nitrogen and oxygen atoms in total. The van der Waals surface area contributed by atoms with Crippen LogP contribution in [0.3, 0.4) is 0 Å². The third-order valence-electron chi connectivity index (χ3n) is 4.61. The molecule has 1 saturated heterocycles. The average Bonchev–Trinajstić information content (AvgIpc) is 2.95. The summed E-state index contributed by atoms with van der Waals surface area (Å²) in [6.45, 7) is 6.05. The minimum atomic E-state index is -4.76. The first-order valence-electron chi connectivity index (χ1n) is 8.60. The molecule has 26 heavy (non-hydrogen) atoms. The summed E-state index contributed by atoms with van der Waals surface area (Å²) in [4.78, 5) is 16.5. The van der Waals surface area contributed by atoms with E-state index in [1.807, 2.05) is 13.8 Å². The molecular weight excluding hydrogens is 349 g/mol. The van der Waals surface area contributed by atoms with Crippen molar-refractivity contribution in [2.45, 2.75) is 38.8 Å². The van der Waals surface area contributed by atoms with Gasteiger partial charge in [-0.25, -0.2) is 0 Å². The summed E-state index contributed by atoms with van der Waals surface area (Å²) in [5, 5.41) is 9.67. The number of likely N-dealkylation sites (tertiary alicyclic amines) is 1. The van der Waals surface area contributed by atoms with Gasteiger partial charge in [0.2, 0.25) is 0 Å². The number of β-amino-alcohol motifs (C(OH)–C–C–N with tert-alkyl or cyclic N) is 1. The van der Waals surface area contributed by atoms with Gasteiger partial charge in [-0.15, -0.1) is 13.2 Å². The smallest absolute Gasteiger partial charge is 0.406 e. The van der Waals surface area contributed by atoms with Crippen LogP contribution in [0, 0.1) is 5.92 Å². The van der Waals surface area contributed by atoms with Crippen LogP contribution >= 0.6 is 0 Å². The second kappa shape index (κ2) is 8.26. The highest BCUT2D eigenvalue weighted by Crippen LogP contribution is 2.24. The highest BCUT2D eigenvalue weighted by molar-refractivity contribution is 5.94. The normalized spacial score (nSPS) is 19.6. The average molecular weight is 374 g/mol. The Kier molecular flexibility index (Phi) is 6.52.